The molecule has 9 atom stereocenters. The van der Waals surface area contributed by atoms with Crippen LogP contribution in [0, 0.1) is 5.92 Å². The number of primary amides is 1. The van der Waals surface area contributed by atoms with Crippen LogP contribution in [0.5, 0.6) is 5.75 Å². The van der Waals surface area contributed by atoms with Gasteiger partial charge in [-0.1, -0.05) is 74.5 Å². The van der Waals surface area contributed by atoms with Crippen LogP contribution in [-0.2, 0) is 76.8 Å². The number of fused-ring (bicyclic) bond motifs is 1. The van der Waals surface area contributed by atoms with E-state index in [1.807, 2.05) is 0 Å². The molecule has 3 aromatic carbocycles. The molecule has 4 rings (SSSR count). The van der Waals surface area contributed by atoms with E-state index in [0.29, 0.717) is 34.0 Å². The SMILES string of the molecule is CC(C)C[C@H](NC(=O)[C@H](Cc1c[nH]c2ccccc12)NC(=O)[C@H](CC(=O)O)NC(=O)[C@H](CCCCN)NC(=O)CNC(=O)[C@H](CC(N)=O)NC(=O)[C@H](Cc1ccccc1)NC(=O)[C@@H](N)CS)C(=O)N[C@@H](Cc1ccc(O)cc1)C(=O)N[C@@H](CS)C(=O)O. The fourth-order valence-corrected chi connectivity index (χ4v) is 9.25. The summed E-state index contributed by atoms with van der Waals surface area (Å²) in [6, 6.07) is 7.67. The molecule has 0 aliphatic rings. The molecule has 0 fully saturated rings. The van der Waals surface area contributed by atoms with Crippen molar-refractivity contribution in [2.24, 2.45) is 23.1 Å². The van der Waals surface area contributed by atoms with E-state index in [9.17, 15) is 72.9 Å². The second-order valence-electron chi connectivity index (χ2n) is 20.9. The third kappa shape index (κ3) is 23.9. The smallest absolute Gasteiger partial charge is 0.327 e. The summed E-state index contributed by atoms with van der Waals surface area (Å²) in [7, 11) is 0. The van der Waals surface area contributed by atoms with Gasteiger partial charge in [0.25, 0.3) is 0 Å². The van der Waals surface area contributed by atoms with Crippen molar-refractivity contribution in [3.05, 3.63) is 102 Å². The molecule has 1 aromatic heterocycles. The molecular weight excluding hydrogens is 1170 g/mol. The lowest BCUT2D eigenvalue weighted by atomic mass is 9.99. The molecule has 30 heteroatoms. The lowest BCUT2D eigenvalue weighted by Crippen LogP contribution is -2.60. The number of hydrogen-bond donors (Lipinski definition) is 18. The number of aliphatic carboxylic acids is 2. The molecule has 0 aliphatic heterocycles. The molecule has 0 unspecified atom stereocenters. The Kier molecular flexibility index (Phi) is 29.0. The molecule has 0 saturated carbocycles. The summed E-state index contributed by atoms with van der Waals surface area (Å²) in [6.45, 7) is 2.78. The van der Waals surface area contributed by atoms with E-state index in [1.165, 1.54) is 24.3 Å². The first-order valence-electron chi connectivity index (χ1n) is 27.8. The fraction of sp³-hybridized carbons (Fsp3) is 0.439. The summed E-state index contributed by atoms with van der Waals surface area (Å²) in [4.78, 5) is 164. The van der Waals surface area contributed by atoms with Crippen molar-refractivity contribution in [2.75, 3.05) is 24.6 Å². The molecule has 0 bridgehead atoms. The van der Waals surface area contributed by atoms with Gasteiger partial charge in [0, 0.05) is 47.9 Å². The van der Waals surface area contributed by atoms with Gasteiger partial charge in [-0.25, -0.2) is 4.79 Å². The van der Waals surface area contributed by atoms with Gasteiger partial charge < -0.3 is 85.4 Å². The van der Waals surface area contributed by atoms with Gasteiger partial charge in [-0.2, -0.15) is 25.3 Å². The number of nitrogens with one attached hydrogen (secondary N) is 10. The van der Waals surface area contributed by atoms with Crippen molar-refractivity contribution in [3.8, 4) is 5.75 Å². The zero-order valence-electron chi connectivity index (χ0n) is 47.9. The summed E-state index contributed by atoms with van der Waals surface area (Å²) < 4.78 is 0. The number of carboxylic acids is 2. The number of benzene rings is 3. The van der Waals surface area contributed by atoms with Crippen molar-refractivity contribution >= 4 is 107 Å². The third-order valence-corrected chi connectivity index (χ3v) is 14.2. The molecule has 0 saturated heterocycles. The number of thiol groups is 2. The van der Waals surface area contributed by atoms with Crippen molar-refractivity contribution in [1.29, 1.82) is 0 Å². The molecule has 0 spiro atoms. The predicted octanol–water partition coefficient (Wildman–Crippen LogP) is -2.31. The van der Waals surface area contributed by atoms with Crippen LogP contribution in [0.1, 0.15) is 69.1 Å². The Morgan fingerprint density at radius 2 is 1.03 bits per heavy atom. The number of carbonyl (C=O) groups excluding carboxylic acids is 10. The lowest BCUT2D eigenvalue weighted by Gasteiger charge is -2.28. The zero-order valence-corrected chi connectivity index (χ0v) is 49.7. The number of aromatic nitrogens is 1. The minimum atomic E-state index is -1.93. The highest BCUT2D eigenvalue weighted by atomic mass is 32.1. The van der Waals surface area contributed by atoms with Crippen LogP contribution in [0.4, 0.5) is 0 Å². The summed E-state index contributed by atoms with van der Waals surface area (Å²) in [6.07, 6.45) is -0.400. The maximum absolute atomic E-state index is 14.7. The van der Waals surface area contributed by atoms with Crippen LogP contribution in [-0.4, -0.2) is 170 Å². The number of aromatic amines is 1. The van der Waals surface area contributed by atoms with Gasteiger partial charge in [0.05, 0.1) is 25.4 Å². The Bertz CT molecular complexity index is 3040. The van der Waals surface area contributed by atoms with Gasteiger partial charge in [0.1, 0.15) is 54.1 Å². The molecule has 472 valence electrons. The number of H-pyrrole nitrogens is 1. The number of nitrogens with two attached hydrogens (primary N) is 3. The van der Waals surface area contributed by atoms with E-state index in [2.05, 4.69) is 78.1 Å². The minimum absolute atomic E-state index is 0.0416. The first-order chi connectivity index (χ1) is 41.3. The van der Waals surface area contributed by atoms with Gasteiger partial charge in [0.15, 0.2) is 0 Å². The van der Waals surface area contributed by atoms with Crippen LogP contribution >= 0.6 is 25.3 Å². The molecule has 0 radical (unpaired) electrons. The highest BCUT2D eigenvalue weighted by molar-refractivity contribution is 7.80. The van der Waals surface area contributed by atoms with Crippen molar-refractivity contribution in [1.82, 2.24) is 52.8 Å². The molecule has 1 heterocycles. The van der Waals surface area contributed by atoms with Gasteiger partial charge in [-0.05, 0) is 73.0 Å². The van der Waals surface area contributed by atoms with Crippen LogP contribution in [0.15, 0.2) is 85.1 Å². The van der Waals surface area contributed by atoms with Crippen molar-refractivity contribution in [2.45, 2.75) is 126 Å². The lowest BCUT2D eigenvalue weighted by molar-refractivity contribution is -0.142. The number of phenols is 1. The highest BCUT2D eigenvalue weighted by Gasteiger charge is 2.36. The summed E-state index contributed by atoms with van der Waals surface area (Å²) >= 11 is 8.05. The Morgan fingerprint density at radius 3 is 1.59 bits per heavy atom. The van der Waals surface area contributed by atoms with Crippen LogP contribution in [0.3, 0.4) is 0 Å². The molecule has 28 nitrogen and oxygen atoms in total. The number of aromatic hydroxyl groups is 1. The minimum Gasteiger partial charge on any atom is -0.508 e. The Balaban J connectivity index is 1.58. The average molecular weight is 1250 g/mol. The molecule has 87 heavy (non-hydrogen) atoms. The highest BCUT2D eigenvalue weighted by Crippen LogP contribution is 2.20. The Labute approximate surface area is 512 Å². The molecule has 10 amide bonds. The van der Waals surface area contributed by atoms with Crippen molar-refractivity contribution in [3.63, 3.8) is 0 Å². The van der Waals surface area contributed by atoms with Crippen LogP contribution < -0.4 is 65.1 Å². The topological polar surface area (TPSA) is 468 Å². The molecular formula is C57H77N13O15S2. The Morgan fingerprint density at radius 1 is 0.540 bits per heavy atom. The molecule has 4 aromatic rings. The molecule has 0 aliphatic carbocycles. The standard InChI is InChI=1S/C57H77N13O15S2/c1-30(2)20-39(52(79)66-41(22-32-15-17-34(71)18-16-32)54(81)70-45(29-87)57(84)85)65-55(82)42(23-33-26-61-37-13-7-6-12-35(33)37)67-56(83)44(25-48(74)75)69-51(78)38(14-8-9-19-58)63-47(73)27-62-50(77)43(24-46(60)72)68-53(80)40(64-49(76)36(59)28-86)21-31-10-4-3-5-11-31/h3-7,10-13,15-18,26,30,36,38-45,61,71,86-87H,8-9,14,19-25,27-29,58-59H2,1-2H3,(H2,60,72)(H,62,77)(H,63,73)(H,64,76)(H,65,82)(H,66,79)(H,67,83)(H,68,80)(H,69,78)(H,70,81)(H,74,75)(H,84,85)/t36-,38-,39-,40-,41-,42-,43-,44-,45-/m0/s1. The van der Waals surface area contributed by atoms with Crippen molar-refractivity contribution < 1.29 is 72.9 Å². The quantitative estimate of drug-likeness (QED) is 0.0167. The van der Waals surface area contributed by atoms with Crippen LogP contribution in [0.25, 0.3) is 10.9 Å². The molecule has 19 N–H and O–H groups in total. The Hall–Kier alpha value is -8.74. The predicted molar refractivity (Wildman–Crippen MR) is 324 cm³/mol. The van der Waals surface area contributed by atoms with Gasteiger partial charge in [-0.3, -0.25) is 52.7 Å². The number of para-hydroxylation sites is 1. The first kappa shape index (κ1) is 70.7. The second-order valence-corrected chi connectivity index (χ2v) is 21.6. The normalized spacial score (nSPS) is 14.2. The summed E-state index contributed by atoms with van der Waals surface area (Å²) in [5.74, 6) is -13.5. The number of carboxylic acid groups (broad SMARTS) is 2. The maximum Gasteiger partial charge on any atom is 0.327 e. The monoisotopic (exact) mass is 1250 g/mol. The van der Waals surface area contributed by atoms with Gasteiger partial charge in [0.2, 0.25) is 59.1 Å². The number of amides is 10. The van der Waals surface area contributed by atoms with E-state index in [0.717, 1.165) is 0 Å². The third-order valence-electron chi connectivity index (χ3n) is 13.4. The largest absolute Gasteiger partial charge is 0.508 e. The number of carbonyl (C=O) groups is 12. The zero-order chi connectivity index (χ0) is 64.3. The first-order valence-corrected chi connectivity index (χ1v) is 29.1. The maximum atomic E-state index is 14.7. The number of hydrogen-bond acceptors (Lipinski definition) is 17. The van der Waals surface area contributed by atoms with E-state index in [-0.39, 0.29) is 68.2 Å². The number of rotatable bonds is 37. The summed E-state index contributed by atoms with van der Waals surface area (Å²) in [5, 5.41) is 52.3. The van der Waals surface area contributed by atoms with Gasteiger partial charge in [-0.15, -0.1) is 0 Å². The van der Waals surface area contributed by atoms with E-state index < -0.39 is 145 Å². The van der Waals surface area contributed by atoms with E-state index >= 15 is 0 Å². The summed E-state index contributed by atoms with van der Waals surface area (Å²) in [5.41, 5.74) is 19.2. The fourth-order valence-electron chi connectivity index (χ4n) is 8.84. The second kappa shape index (κ2) is 35.7. The van der Waals surface area contributed by atoms with E-state index in [1.54, 1.807) is 74.6 Å². The average Bonchev–Trinajstić information content (AvgIpc) is 3.93. The number of unbranched alkanes of at least 4 members (excludes halogenated alkanes) is 1. The van der Waals surface area contributed by atoms with Crippen LogP contribution in [0.2, 0.25) is 0 Å². The number of phenolic OH excluding ortho intramolecular Hbond substituents is 1. The van der Waals surface area contributed by atoms with Gasteiger partial charge >= 0.3 is 11.9 Å². The van der Waals surface area contributed by atoms with E-state index in [4.69, 9.17) is 17.2 Å².